The summed E-state index contributed by atoms with van der Waals surface area (Å²) in [5.41, 5.74) is 7.26. The second-order valence-electron chi connectivity index (χ2n) is 7.72. The summed E-state index contributed by atoms with van der Waals surface area (Å²) in [5.74, 6) is 0.934. The fourth-order valence-electron chi connectivity index (χ4n) is 4.08. The number of imidazole rings is 1. The van der Waals surface area contributed by atoms with E-state index in [2.05, 4.69) is 20.8 Å². The van der Waals surface area contributed by atoms with Gasteiger partial charge in [-0.2, -0.15) is 5.26 Å². The third-order valence-corrected chi connectivity index (χ3v) is 5.96. The number of hydrogen-bond acceptors (Lipinski definition) is 4. The molecule has 2 aromatic carbocycles. The maximum Gasteiger partial charge on any atom is 0.157 e. The minimum absolute atomic E-state index is 0.595. The highest BCUT2D eigenvalue weighted by Crippen LogP contribution is 2.33. The Hall–Kier alpha value is -3.88. The molecule has 0 bridgehead atoms. The number of anilines is 1. The van der Waals surface area contributed by atoms with Crippen molar-refractivity contribution < 1.29 is 0 Å². The largest absolute Gasteiger partial charge is 0.367 e. The van der Waals surface area contributed by atoms with E-state index in [1.807, 2.05) is 73.8 Å². The third kappa shape index (κ3) is 3.55. The van der Waals surface area contributed by atoms with Crippen LogP contribution in [0.15, 0.2) is 73.1 Å². The maximum atomic E-state index is 10.0. The lowest BCUT2D eigenvalue weighted by Gasteiger charge is -2.19. The number of benzene rings is 2. The molecule has 0 saturated carbocycles. The van der Waals surface area contributed by atoms with Gasteiger partial charge in [0, 0.05) is 35.9 Å². The standard InChI is InChI=1S/C26H20ClN5/c1-17-21(13-18-8-10-20(27)11-9-18)25(30-16-19-5-4-12-29-15-19)32-24-7-3-2-6-23(24)31-26(32)22(17)14-28/h2-12,15,30H,13,16H2,1H3. The van der Waals surface area contributed by atoms with Crippen molar-refractivity contribution in [3.05, 3.63) is 106 Å². The quantitative estimate of drug-likeness (QED) is 0.370. The number of nitrogens with one attached hydrogen (secondary N) is 1. The molecule has 32 heavy (non-hydrogen) atoms. The molecule has 1 N–H and O–H groups in total. The highest BCUT2D eigenvalue weighted by Gasteiger charge is 2.21. The normalized spacial score (nSPS) is 11.0. The molecule has 0 radical (unpaired) electrons. The molecule has 0 amide bonds. The molecule has 156 valence electrons. The number of para-hydroxylation sites is 2. The van der Waals surface area contributed by atoms with Crippen LogP contribution < -0.4 is 5.32 Å². The van der Waals surface area contributed by atoms with Crippen molar-refractivity contribution in [2.24, 2.45) is 0 Å². The number of halogens is 1. The molecule has 0 fully saturated rings. The van der Waals surface area contributed by atoms with E-state index in [9.17, 15) is 5.26 Å². The van der Waals surface area contributed by atoms with E-state index in [0.29, 0.717) is 29.2 Å². The molecule has 5 rings (SSSR count). The molecule has 5 nitrogen and oxygen atoms in total. The molecule has 0 aliphatic carbocycles. The van der Waals surface area contributed by atoms with E-state index in [4.69, 9.17) is 16.6 Å². The summed E-state index contributed by atoms with van der Waals surface area (Å²) in [7, 11) is 0. The van der Waals surface area contributed by atoms with Crippen LogP contribution in [0.1, 0.15) is 27.8 Å². The van der Waals surface area contributed by atoms with Crippen LogP contribution in [0.3, 0.4) is 0 Å². The number of fused-ring (bicyclic) bond motifs is 3. The Balaban J connectivity index is 1.75. The average molecular weight is 438 g/mol. The lowest BCUT2D eigenvalue weighted by molar-refractivity contribution is 1.02. The fraction of sp³-hybridized carbons (Fsp3) is 0.115. The van der Waals surface area contributed by atoms with E-state index in [0.717, 1.165) is 39.1 Å². The summed E-state index contributed by atoms with van der Waals surface area (Å²) < 4.78 is 2.07. The first-order valence-electron chi connectivity index (χ1n) is 10.4. The van der Waals surface area contributed by atoms with Gasteiger partial charge in [0.05, 0.1) is 16.6 Å². The van der Waals surface area contributed by atoms with E-state index in [1.54, 1.807) is 6.20 Å². The van der Waals surface area contributed by atoms with Gasteiger partial charge in [0.15, 0.2) is 5.65 Å². The summed E-state index contributed by atoms with van der Waals surface area (Å²) >= 11 is 6.10. The number of pyridine rings is 2. The van der Waals surface area contributed by atoms with Gasteiger partial charge in [-0.3, -0.25) is 9.38 Å². The number of nitriles is 1. The summed E-state index contributed by atoms with van der Waals surface area (Å²) in [6.07, 6.45) is 4.28. The van der Waals surface area contributed by atoms with E-state index in [-0.39, 0.29) is 0 Å². The Morgan fingerprint density at radius 3 is 2.59 bits per heavy atom. The lowest BCUT2D eigenvalue weighted by Crippen LogP contribution is -2.11. The van der Waals surface area contributed by atoms with Crippen molar-refractivity contribution in [2.75, 3.05) is 5.32 Å². The van der Waals surface area contributed by atoms with Crippen molar-refractivity contribution in [3.8, 4) is 6.07 Å². The van der Waals surface area contributed by atoms with Gasteiger partial charge in [-0.25, -0.2) is 4.98 Å². The second kappa shape index (κ2) is 8.33. The molecule has 0 aliphatic heterocycles. The Morgan fingerprint density at radius 1 is 1.03 bits per heavy atom. The van der Waals surface area contributed by atoms with Gasteiger partial charge in [0.2, 0.25) is 0 Å². The van der Waals surface area contributed by atoms with Crippen molar-refractivity contribution in [2.45, 2.75) is 19.9 Å². The number of aromatic nitrogens is 3. The predicted octanol–water partition coefficient (Wildman–Crippen LogP) is 5.92. The van der Waals surface area contributed by atoms with Crippen molar-refractivity contribution in [1.29, 1.82) is 5.26 Å². The van der Waals surface area contributed by atoms with Crippen LogP contribution in [0.2, 0.25) is 5.02 Å². The monoisotopic (exact) mass is 437 g/mol. The van der Waals surface area contributed by atoms with Gasteiger partial charge >= 0.3 is 0 Å². The molecular formula is C26H20ClN5. The molecule has 0 unspecified atom stereocenters. The predicted molar refractivity (Wildman–Crippen MR) is 128 cm³/mol. The van der Waals surface area contributed by atoms with Crippen LogP contribution in [-0.4, -0.2) is 14.4 Å². The molecule has 0 spiro atoms. The first-order valence-corrected chi connectivity index (χ1v) is 10.7. The zero-order valence-electron chi connectivity index (χ0n) is 17.5. The topological polar surface area (TPSA) is 66.0 Å². The van der Waals surface area contributed by atoms with Gasteiger partial charge in [-0.05, 0) is 53.9 Å². The highest BCUT2D eigenvalue weighted by molar-refractivity contribution is 6.30. The Labute approximate surface area is 190 Å². The zero-order chi connectivity index (χ0) is 22.1. The highest BCUT2D eigenvalue weighted by atomic mass is 35.5. The molecule has 0 aliphatic rings. The van der Waals surface area contributed by atoms with Crippen LogP contribution in [-0.2, 0) is 13.0 Å². The molecular weight excluding hydrogens is 418 g/mol. The summed E-state index contributed by atoms with van der Waals surface area (Å²) in [6.45, 7) is 2.60. The van der Waals surface area contributed by atoms with Crippen LogP contribution >= 0.6 is 11.6 Å². The molecule has 3 aromatic heterocycles. The first kappa shape index (κ1) is 20.0. The van der Waals surface area contributed by atoms with Gasteiger partial charge in [-0.1, -0.05) is 41.9 Å². The summed E-state index contributed by atoms with van der Waals surface area (Å²) in [4.78, 5) is 9.02. The van der Waals surface area contributed by atoms with Crippen molar-refractivity contribution >= 4 is 34.1 Å². The fourth-order valence-corrected chi connectivity index (χ4v) is 4.21. The smallest absolute Gasteiger partial charge is 0.157 e. The minimum Gasteiger partial charge on any atom is -0.367 e. The van der Waals surface area contributed by atoms with Gasteiger partial charge < -0.3 is 5.32 Å². The second-order valence-corrected chi connectivity index (χ2v) is 8.15. The van der Waals surface area contributed by atoms with E-state index >= 15 is 0 Å². The lowest BCUT2D eigenvalue weighted by atomic mass is 9.97. The summed E-state index contributed by atoms with van der Waals surface area (Å²) in [5, 5.41) is 14.3. The summed E-state index contributed by atoms with van der Waals surface area (Å²) in [6, 6.07) is 22.2. The van der Waals surface area contributed by atoms with Crippen LogP contribution in [0.25, 0.3) is 16.7 Å². The number of hydrogen-bond donors (Lipinski definition) is 1. The molecule has 5 aromatic rings. The number of rotatable bonds is 5. The Kier molecular flexibility index (Phi) is 5.22. The SMILES string of the molecule is Cc1c(Cc2ccc(Cl)cc2)c(NCc2cccnc2)n2c(nc3ccccc32)c1C#N. The van der Waals surface area contributed by atoms with Crippen LogP contribution in [0.5, 0.6) is 0 Å². The van der Waals surface area contributed by atoms with Gasteiger partial charge in [-0.15, -0.1) is 0 Å². The molecule has 0 atom stereocenters. The molecule has 6 heteroatoms. The first-order chi connectivity index (χ1) is 15.7. The molecule has 3 heterocycles. The van der Waals surface area contributed by atoms with Crippen molar-refractivity contribution in [1.82, 2.24) is 14.4 Å². The number of nitrogens with zero attached hydrogens (tertiary/aromatic N) is 4. The zero-order valence-corrected chi connectivity index (χ0v) is 18.3. The van der Waals surface area contributed by atoms with Crippen LogP contribution in [0, 0.1) is 18.3 Å². The Bertz CT molecular complexity index is 1460. The van der Waals surface area contributed by atoms with E-state index in [1.165, 1.54) is 0 Å². The van der Waals surface area contributed by atoms with E-state index < -0.39 is 0 Å². The van der Waals surface area contributed by atoms with Gasteiger partial charge in [0.1, 0.15) is 11.9 Å². The maximum absolute atomic E-state index is 10.0. The Morgan fingerprint density at radius 2 is 1.84 bits per heavy atom. The third-order valence-electron chi connectivity index (χ3n) is 5.71. The van der Waals surface area contributed by atoms with Gasteiger partial charge in [0.25, 0.3) is 0 Å². The van der Waals surface area contributed by atoms with Crippen LogP contribution in [0.4, 0.5) is 5.82 Å². The molecule has 0 saturated heterocycles. The minimum atomic E-state index is 0.595. The average Bonchev–Trinajstić information content (AvgIpc) is 3.20. The van der Waals surface area contributed by atoms with Crippen molar-refractivity contribution in [3.63, 3.8) is 0 Å².